The predicted molar refractivity (Wildman–Crippen MR) is 110 cm³/mol. The van der Waals surface area contributed by atoms with Gasteiger partial charge >= 0.3 is 0 Å². The Morgan fingerprint density at radius 3 is 2.38 bits per heavy atom. The first-order valence-corrected chi connectivity index (χ1v) is 10.4. The number of amides is 2. The molecule has 0 aromatic heterocycles. The van der Waals surface area contributed by atoms with E-state index in [0.29, 0.717) is 16.3 Å². The molecule has 0 N–H and O–H groups in total. The lowest BCUT2D eigenvalue weighted by Gasteiger charge is -2.27. The molecule has 7 heteroatoms. The summed E-state index contributed by atoms with van der Waals surface area (Å²) < 4.78 is 0. The molecule has 5 rings (SSSR count). The van der Waals surface area contributed by atoms with E-state index >= 15 is 0 Å². The number of hydrogen-bond acceptors (Lipinski definition) is 4. The number of fused-ring (bicyclic) bond motifs is 3. The van der Waals surface area contributed by atoms with Crippen molar-refractivity contribution in [3.63, 3.8) is 0 Å². The van der Waals surface area contributed by atoms with Crippen LogP contribution in [0, 0.1) is 11.8 Å². The number of carbonyl (C=O) groups is 3. The minimum Gasteiger partial charge on any atom is -0.292 e. The molecular formula is C22H18Cl2N2O3. The van der Waals surface area contributed by atoms with Crippen LogP contribution in [0.25, 0.3) is 0 Å². The summed E-state index contributed by atoms with van der Waals surface area (Å²) >= 11 is 12.1. The number of Topliss-reactive ketones (excluding diaryl/α,β-unsaturated/α-hetero) is 1. The maximum atomic E-state index is 13.4. The van der Waals surface area contributed by atoms with Gasteiger partial charge in [-0.2, -0.15) is 0 Å². The van der Waals surface area contributed by atoms with E-state index in [4.69, 9.17) is 23.2 Å². The second-order valence-corrected chi connectivity index (χ2v) is 8.60. The molecule has 29 heavy (non-hydrogen) atoms. The summed E-state index contributed by atoms with van der Waals surface area (Å²) in [6.45, 7) is 0.730. The van der Waals surface area contributed by atoms with Crippen molar-refractivity contribution < 1.29 is 14.4 Å². The van der Waals surface area contributed by atoms with Crippen LogP contribution in [-0.2, 0) is 9.59 Å². The molecule has 2 amide bonds. The van der Waals surface area contributed by atoms with E-state index in [9.17, 15) is 14.4 Å². The van der Waals surface area contributed by atoms with Crippen LogP contribution in [0.5, 0.6) is 0 Å². The predicted octanol–water partition coefficient (Wildman–Crippen LogP) is 3.83. The molecular weight excluding hydrogens is 411 g/mol. The lowest BCUT2D eigenvalue weighted by atomic mass is 9.85. The standard InChI is InChI=1S/C22H18Cl2N2O3/c23-14-9-8-13(11-15(14)24)26-21(28)17-16-7-4-10-25(16)19(18(17)22(26)29)20(27)12-5-2-1-3-6-12/h1-3,5-6,8-9,11,16-19H,4,7,10H2/t16-,17-,18-,19-/m1/s1. The fourth-order valence-electron chi connectivity index (χ4n) is 5.17. The van der Waals surface area contributed by atoms with Gasteiger partial charge in [0.15, 0.2) is 5.78 Å². The first-order chi connectivity index (χ1) is 14.0. The van der Waals surface area contributed by atoms with Crippen molar-refractivity contribution >= 4 is 46.5 Å². The Morgan fingerprint density at radius 1 is 0.931 bits per heavy atom. The molecule has 0 aliphatic carbocycles. The van der Waals surface area contributed by atoms with Crippen molar-refractivity contribution in [2.45, 2.75) is 24.9 Å². The molecule has 3 saturated heterocycles. The minimum absolute atomic E-state index is 0.0816. The molecule has 5 nitrogen and oxygen atoms in total. The van der Waals surface area contributed by atoms with Crippen LogP contribution >= 0.6 is 23.2 Å². The van der Waals surface area contributed by atoms with Crippen molar-refractivity contribution in [3.8, 4) is 0 Å². The average molecular weight is 429 g/mol. The monoisotopic (exact) mass is 428 g/mol. The van der Waals surface area contributed by atoms with E-state index < -0.39 is 17.9 Å². The Hall–Kier alpha value is -2.21. The van der Waals surface area contributed by atoms with Gasteiger partial charge in [0, 0.05) is 11.6 Å². The third-order valence-corrected chi connectivity index (χ3v) is 7.08. The highest BCUT2D eigenvalue weighted by Gasteiger charge is 2.64. The number of halogens is 2. The number of nitrogens with zero attached hydrogens (tertiary/aromatic N) is 2. The van der Waals surface area contributed by atoms with Gasteiger partial charge in [0.2, 0.25) is 11.8 Å². The number of imide groups is 1. The average Bonchev–Trinajstić information content (AvgIpc) is 3.37. The third-order valence-electron chi connectivity index (χ3n) is 6.34. The van der Waals surface area contributed by atoms with Crippen LogP contribution in [0.1, 0.15) is 23.2 Å². The summed E-state index contributed by atoms with van der Waals surface area (Å²) in [6.07, 6.45) is 1.73. The molecule has 2 aromatic rings. The fraction of sp³-hybridized carbons (Fsp3) is 0.318. The summed E-state index contributed by atoms with van der Waals surface area (Å²) in [6, 6.07) is 13.0. The number of carbonyl (C=O) groups excluding carboxylic acids is 3. The van der Waals surface area contributed by atoms with Gasteiger partial charge in [0.25, 0.3) is 0 Å². The summed E-state index contributed by atoms with van der Waals surface area (Å²) in [7, 11) is 0. The summed E-state index contributed by atoms with van der Waals surface area (Å²) in [5.74, 6) is -1.85. The number of benzene rings is 2. The second-order valence-electron chi connectivity index (χ2n) is 7.78. The van der Waals surface area contributed by atoms with Gasteiger partial charge < -0.3 is 0 Å². The van der Waals surface area contributed by atoms with Crippen LogP contribution < -0.4 is 4.90 Å². The topological polar surface area (TPSA) is 57.7 Å². The van der Waals surface area contributed by atoms with Gasteiger partial charge in [-0.1, -0.05) is 53.5 Å². The normalized spacial score (nSPS) is 28.7. The lowest BCUT2D eigenvalue weighted by Crippen LogP contribution is -2.46. The van der Waals surface area contributed by atoms with Crippen molar-refractivity contribution in [2.24, 2.45) is 11.8 Å². The van der Waals surface area contributed by atoms with Crippen molar-refractivity contribution in [1.29, 1.82) is 0 Å². The van der Waals surface area contributed by atoms with Crippen LogP contribution in [0.4, 0.5) is 5.69 Å². The number of anilines is 1. The van der Waals surface area contributed by atoms with Crippen molar-refractivity contribution in [1.82, 2.24) is 4.90 Å². The minimum atomic E-state index is -0.671. The molecule has 3 heterocycles. The molecule has 148 valence electrons. The number of ketones is 1. The number of rotatable bonds is 3. The molecule has 4 atom stereocenters. The Kier molecular flexibility index (Phi) is 4.50. The van der Waals surface area contributed by atoms with Gasteiger partial charge in [0.1, 0.15) is 0 Å². The molecule has 0 unspecified atom stereocenters. The molecule has 0 spiro atoms. The Morgan fingerprint density at radius 2 is 1.66 bits per heavy atom. The lowest BCUT2D eigenvalue weighted by molar-refractivity contribution is -0.123. The zero-order valence-corrected chi connectivity index (χ0v) is 16.9. The highest BCUT2D eigenvalue weighted by Crippen LogP contribution is 2.48. The van der Waals surface area contributed by atoms with Gasteiger partial charge in [-0.3, -0.25) is 19.3 Å². The van der Waals surface area contributed by atoms with E-state index in [1.165, 1.54) is 11.0 Å². The van der Waals surface area contributed by atoms with E-state index in [1.807, 2.05) is 18.2 Å². The molecule has 3 fully saturated rings. The Balaban J connectivity index is 1.56. The summed E-state index contributed by atoms with van der Waals surface area (Å²) in [5.41, 5.74) is 0.969. The first kappa shape index (κ1) is 18.8. The quantitative estimate of drug-likeness (QED) is 0.550. The molecule has 2 aromatic carbocycles. The molecule has 0 radical (unpaired) electrons. The zero-order chi connectivity index (χ0) is 20.3. The molecule has 0 bridgehead atoms. The van der Waals surface area contributed by atoms with Crippen molar-refractivity contribution in [3.05, 3.63) is 64.1 Å². The van der Waals surface area contributed by atoms with E-state index in [0.717, 1.165) is 19.4 Å². The van der Waals surface area contributed by atoms with Crippen LogP contribution in [0.3, 0.4) is 0 Å². The van der Waals surface area contributed by atoms with Crippen LogP contribution in [-0.4, -0.2) is 41.1 Å². The van der Waals surface area contributed by atoms with E-state index in [-0.39, 0.29) is 28.7 Å². The fourth-order valence-corrected chi connectivity index (χ4v) is 5.46. The van der Waals surface area contributed by atoms with Crippen LogP contribution in [0.15, 0.2) is 48.5 Å². The third kappa shape index (κ3) is 2.75. The van der Waals surface area contributed by atoms with Gasteiger partial charge in [-0.15, -0.1) is 0 Å². The first-order valence-electron chi connectivity index (χ1n) is 9.67. The van der Waals surface area contributed by atoms with Gasteiger partial charge in [-0.25, -0.2) is 4.90 Å². The molecule has 3 aliphatic heterocycles. The summed E-state index contributed by atoms with van der Waals surface area (Å²) in [4.78, 5) is 43.4. The van der Waals surface area contributed by atoms with Crippen LogP contribution in [0.2, 0.25) is 10.0 Å². The maximum Gasteiger partial charge on any atom is 0.239 e. The summed E-state index contributed by atoms with van der Waals surface area (Å²) in [5, 5.41) is 0.634. The highest BCUT2D eigenvalue weighted by atomic mass is 35.5. The molecule has 3 aliphatic rings. The maximum absolute atomic E-state index is 13.4. The SMILES string of the molecule is O=C(c1ccccc1)[C@H]1[C@@H]2C(=O)N(c3ccc(Cl)c(Cl)c3)C(=O)[C@@H]2[C@H]2CCCN21. The smallest absolute Gasteiger partial charge is 0.239 e. The highest BCUT2D eigenvalue weighted by molar-refractivity contribution is 6.42. The van der Waals surface area contributed by atoms with Gasteiger partial charge in [0.05, 0.1) is 33.6 Å². The molecule has 0 saturated carbocycles. The van der Waals surface area contributed by atoms with E-state index in [1.54, 1.807) is 24.3 Å². The largest absolute Gasteiger partial charge is 0.292 e. The Bertz CT molecular complexity index is 1030. The van der Waals surface area contributed by atoms with E-state index in [2.05, 4.69) is 4.90 Å². The second kappa shape index (κ2) is 6.94. The number of hydrogen-bond donors (Lipinski definition) is 0. The van der Waals surface area contributed by atoms with Crippen molar-refractivity contribution in [2.75, 3.05) is 11.4 Å². The Labute approximate surface area is 178 Å². The zero-order valence-electron chi connectivity index (χ0n) is 15.4. The van der Waals surface area contributed by atoms with Gasteiger partial charge in [-0.05, 0) is 37.6 Å².